The lowest BCUT2D eigenvalue weighted by Crippen LogP contribution is -2.12. The summed E-state index contributed by atoms with van der Waals surface area (Å²) >= 11 is 0. The van der Waals surface area contributed by atoms with Gasteiger partial charge in [-0.05, 0) is 43.0 Å². The van der Waals surface area contributed by atoms with E-state index < -0.39 is 15.7 Å². The van der Waals surface area contributed by atoms with E-state index in [-0.39, 0.29) is 16.1 Å². The lowest BCUT2D eigenvalue weighted by atomic mass is 10.0. The van der Waals surface area contributed by atoms with Crippen molar-refractivity contribution in [2.24, 2.45) is 5.73 Å². The van der Waals surface area contributed by atoms with Crippen LogP contribution >= 0.6 is 0 Å². The summed E-state index contributed by atoms with van der Waals surface area (Å²) < 4.78 is 37.6. The second-order valence-electron chi connectivity index (χ2n) is 4.57. The Labute approximate surface area is 101 Å². The molecule has 0 aromatic heterocycles. The van der Waals surface area contributed by atoms with E-state index in [1.165, 1.54) is 12.1 Å². The van der Waals surface area contributed by atoms with Gasteiger partial charge in [0.15, 0.2) is 9.84 Å². The molecular formula is C12H16FNO2S. The topological polar surface area (TPSA) is 60.2 Å². The Bertz CT molecular complexity index is 523. The van der Waals surface area contributed by atoms with E-state index in [9.17, 15) is 12.8 Å². The second kappa shape index (κ2) is 4.38. The average molecular weight is 257 g/mol. The summed E-state index contributed by atoms with van der Waals surface area (Å²) in [6.45, 7) is 2.29. The molecule has 17 heavy (non-hydrogen) atoms. The van der Waals surface area contributed by atoms with E-state index in [2.05, 4.69) is 0 Å². The van der Waals surface area contributed by atoms with Crippen LogP contribution in [0.1, 0.15) is 31.2 Å². The molecule has 0 amide bonds. The number of halogens is 1. The fraction of sp³-hybridized carbons (Fsp3) is 0.500. The molecule has 0 heterocycles. The molecule has 1 fully saturated rings. The molecule has 0 saturated heterocycles. The molecule has 1 aromatic carbocycles. The first-order chi connectivity index (χ1) is 7.96. The van der Waals surface area contributed by atoms with Gasteiger partial charge in [0.25, 0.3) is 0 Å². The normalized spacial score (nSPS) is 18.1. The van der Waals surface area contributed by atoms with Crippen molar-refractivity contribution < 1.29 is 12.8 Å². The summed E-state index contributed by atoms with van der Waals surface area (Å²) in [6.07, 6.45) is 1.28. The van der Waals surface area contributed by atoms with Crippen LogP contribution in [-0.4, -0.2) is 20.2 Å². The first-order valence-corrected chi connectivity index (χ1v) is 7.25. The summed E-state index contributed by atoms with van der Waals surface area (Å²) in [7, 11) is -3.45. The Kier molecular flexibility index (Phi) is 3.23. The molecule has 0 radical (unpaired) electrons. The predicted molar refractivity (Wildman–Crippen MR) is 64.1 cm³/mol. The molecule has 1 unspecified atom stereocenters. The van der Waals surface area contributed by atoms with Crippen LogP contribution in [0.3, 0.4) is 0 Å². The highest BCUT2D eigenvalue weighted by Crippen LogP contribution is 2.35. The monoisotopic (exact) mass is 257 g/mol. The SMILES string of the molecule is CC(CN)c1ccc(S(=O)(=O)C2CC2)c(F)c1. The molecule has 5 heteroatoms. The van der Waals surface area contributed by atoms with Gasteiger partial charge in [0.2, 0.25) is 0 Å². The molecule has 3 nitrogen and oxygen atoms in total. The van der Waals surface area contributed by atoms with Crippen LogP contribution in [0.5, 0.6) is 0 Å². The quantitative estimate of drug-likeness (QED) is 0.895. The largest absolute Gasteiger partial charge is 0.330 e. The van der Waals surface area contributed by atoms with E-state index in [1.54, 1.807) is 6.07 Å². The fourth-order valence-corrected chi connectivity index (χ4v) is 3.45. The maximum Gasteiger partial charge on any atom is 0.184 e. The highest BCUT2D eigenvalue weighted by molar-refractivity contribution is 7.92. The molecule has 0 aliphatic heterocycles. The van der Waals surface area contributed by atoms with Gasteiger partial charge in [0.1, 0.15) is 10.7 Å². The molecular weight excluding hydrogens is 241 g/mol. The van der Waals surface area contributed by atoms with Gasteiger partial charge in [-0.2, -0.15) is 0 Å². The van der Waals surface area contributed by atoms with Crippen molar-refractivity contribution in [2.45, 2.75) is 35.8 Å². The summed E-state index contributed by atoms with van der Waals surface area (Å²) in [4.78, 5) is -0.173. The van der Waals surface area contributed by atoms with Gasteiger partial charge < -0.3 is 5.73 Å². The Hall–Kier alpha value is -0.940. The first kappa shape index (κ1) is 12.5. The zero-order valence-corrected chi connectivity index (χ0v) is 10.5. The number of sulfone groups is 1. The highest BCUT2D eigenvalue weighted by atomic mass is 32.2. The minimum atomic E-state index is -3.45. The minimum absolute atomic E-state index is 0.0298. The summed E-state index contributed by atoms with van der Waals surface area (Å²) in [6, 6.07) is 4.30. The molecule has 2 rings (SSSR count). The van der Waals surface area contributed by atoms with Crippen molar-refractivity contribution in [3.05, 3.63) is 29.6 Å². The Morgan fingerprint density at radius 2 is 2.12 bits per heavy atom. The maximum atomic E-state index is 13.8. The van der Waals surface area contributed by atoms with Crippen LogP contribution < -0.4 is 5.73 Å². The third-order valence-corrected chi connectivity index (χ3v) is 5.44. The Balaban J connectivity index is 2.38. The highest BCUT2D eigenvalue weighted by Gasteiger charge is 2.38. The van der Waals surface area contributed by atoms with Crippen molar-refractivity contribution in [2.75, 3.05) is 6.54 Å². The van der Waals surface area contributed by atoms with Gasteiger partial charge in [-0.3, -0.25) is 0 Å². The van der Waals surface area contributed by atoms with Crippen LogP contribution in [-0.2, 0) is 9.84 Å². The molecule has 1 saturated carbocycles. The number of hydrogen-bond acceptors (Lipinski definition) is 3. The Morgan fingerprint density at radius 3 is 2.59 bits per heavy atom. The van der Waals surface area contributed by atoms with Crippen molar-refractivity contribution in [3.63, 3.8) is 0 Å². The van der Waals surface area contributed by atoms with E-state index in [0.717, 1.165) is 5.56 Å². The minimum Gasteiger partial charge on any atom is -0.330 e. The van der Waals surface area contributed by atoms with Gasteiger partial charge in [0, 0.05) is 0 Å². The Morgan fingerprint density at radius 1 is 1.47 bits per heavy atom. The molecule has 2 N–H and O–H groups in total. The molecule has 0 spiro atoms. The fourth-order valence-electron chi connectivity index (χ4n) is 1.75. The average Bonchev–Trinajstić information content (AvgIpc) is 3.11. The van der Waals surface area contributed by atoms with Crippen molar-refractivity contribution in [1.29, 1.82) is 0 Å². The van der Waals surface area contributed by atoms with Crippen molar-refractivity contribution in [1.82, 2.24) is 0 Å². The van der Waals surface area contributed by atoms with Crippen LogP contribution in [0.15, 0.2) is 23.1 Å². The number of nitrogens with two attached hydrogens (primary N) is 1. The summed E-state index contributed by atoms with van der Waals surface area (Å²) in [5.74, 6) is -0.628. The first-order valence-electron chi connectivity index (χ1n) is 5.70. The number of hydrogen-bond donors (Lipinski definition) is 1. The third kappa shape index (κ3) is 2.35. The maximum absolute atomic E-state index is 13.8. The van der Waals surface area contributed by atoms with Crippen molar-refractivity contribution in [3.8, 4) is 0 Å². The van der Waals surface area contributed by atoms with Gasteiger partial charge in [-0.15, -0.1) is 0 Å². The smallest absolute Gasteiger partial charge is 0.184 e. The molecule has 1 atom stereocenters. The molecule has 1 aliphatic carbocycles. The summed E-state index contributed by atoms with van der Waals surface area (Å²) in [5.41, 5.74) is 6.23. The number of rotatable bonds is 4. The van der Waals surface area contributed by atoms with Crippen LogP contribution in [0.4, 0.5) is 4.39 Å². The van der Waals surface area contributed by atoms with Crippen molar-refractivity contribution >= 4 is 9.84 Å². The summed E-state index contributed by atoms with van der Waals surface area (Å²) in [5, 5.41) is -0.380. The molecule has 0 bridgehead atoms. The van der Waals surface area contributed by atoms with E-state index in [1.807, 2.05) is 6.92 Å². The molecule has 94 valence electrons. The number of benzene rings is 1. The lowest BCUT2D eigenvalue weighted by Gasteiger charge is -2.11. The third-order valence-electron chi connectivity index (χ3n) is 3.15. The van der Waals surface area contributed by atoms with Gasteiger partial charge in [-0.1, -0.05) is 13.0 Å². The van der Waals surface area contributed by atoms with Gasteiger partial charge >= 0.3 is 0 Å². The predicted octanol–water partition coefficient (Wildman–Crippen LogP) is 1.82. The van der Waals surface area contributed by atoms with E-state index in [4.69, 9.17) is 5.73 Å². The molecule has 1 aromatic rings. The lowest BCUT2D eigenvalue weighted by molar-refractivity contribution is 0.563. The van der Waals surface area contributed by atoms with Gasteiger partial charge in [-0.25, -0.2) is 12.8 Å². The molecule has 1 aliphatic rings. The zero-order valence-electron chi connectivity index (χ0n) is 9.69. The van der Waals surface area contributed by atoms with Gasteiger partial charge in [0.05, 0.1) is 5.25 Å². The standard InChI is InChI=1S/C12H16FNO2S/c1-8(7-14)9-2-5-12(11(13)6-9)17(15,16)10-3-4-10/h2,5-6,8,10H,3-4,7,14H2,1H3. The zero-order chi connectivity index (χ0) is 12.6. The van der Waals surface area contributed by atoms with E-state index >= 15 is 0 Å². The van der Waals surface area contributed by atoms with Crippen LogP contribution in [0, 0.1) is 5.82 Å². The van der Waals surface area contributed by atoms with Crippen LogP contribution in [0.2, 0.25) is 0 Å². The second-order valence-corrected chi connectivity index (χ2v) is 6.77. The van der Waals surface area contributed by atoms with E-state index in [0.29, 0.717) is 19.4 Å². The van der Waals surface area contributed by atoms with Crippen LogP contribution in [0.25, 0.3) is 0 Å².